The number of ketones is 1. The molecule has 0 aromatic carbocycles. The number of hydrogen-bond acceptors (Lipinski definition) is 9. The number of ether oxygens (including phenoxy) is 1. The highest BCUT2D eigenvalue weighted by Crippen LogP contribution is 2.60. The summed E-state index contributed by atoms with van der Waals surface area (Å²) in [5, 5.41) is 0. The molecule has 2 N–H and O–H groups in total. The van der Waals surface area contributed by atoms with Crippen molar-refractivity contribution in [3.05, 3.63) is 24.7 Å². The first kappa shape index (κ1) is 23.1. The van der Waals surface area contributed by atoms with Crippen LogP contribution in [0.15, 0.2) is 29.7 Å². The Morgan fingerprint density at radius 2 is 2.23 bits per heavy atom. The Kier molecular flexibility index (Phi) is 6.28. The van der Waals surface area contributed by atoms with E-state index in [1.54, 1.807) is 27.7 Å². The van der Waals surface area contributed by atoms with Gasteiger partial charge in [-0.15, -0.1) is 0 Å². The van der Waals surface area contributed by atoms with Gasteiger partial charge in [0.15, 0.2) is 12.4 Å². The summed E-state index contributed by atoms with van der Waals surface area (Å²) >= 11 is 0. The standard InChI is InChI=1S/C19H29FN3O6P/c1-6-19-11-27-30(25,26-10-8-13(24)18(3,4)5)29-16(19)15(20)17(28-19)23-9-7-14(21)22-12(23)2/h7,9,15-17H,2,6,8,10-11H2,1,3-5H3,(H2,21,22)/t15-,16?,17-,19-,30?/m1/s1. The van der Waals surface area contributed by atoms with Gasteiger partial charge < -0.3 is 15.4 Å². The number of nitrogens with zero attached hydrogens (tertiary/aromatic N) is 2. The lowest BCUT2D eigenvalue weighted by atomic mass is 9.89. The number of aliphatic imine (C=N–C) groups is 1. The average molecular weight is 445 g/mol. The van der Waals surface area contributed by atoms with Crippen molar-refractivity contribution in [2.24, 2.45) is 16.1 Å². The number of Topliss-reactive ketones (excluding diaryl/α,β-unsaturated/α-hetero) is 1. The fraction of sp³-hybridized carbons (Fsp3) is 0.684. The molecule has 9 nitrogen and oxygen atoms in total. The zero-order valence-electron chi connectivity index (χ0n) is 17.7. The number of phosphoric ester groups is 1. The summed E-state index contributed by atoms with van der Waals surface area (Å²) in [5.41, 5.74) is 3.94. The third-order valence-electron chi connectivity index (χ3n) is 5.40. The molecule has 2 unspecified atom stereocenters. The van der Waals surface area contributed by atoms with Gasteiger partial charge in [-0.05, 0) is 12.5 Å². The maximum atomic E-state index is 15.4. The van der Waals surface area contributed by atoms with Gasteiger partial charge in [0.1, 0.15) is 29.1 Å². The van der Waals surface area contributed by atoms with E-state index in [0.717, 1.165) is 0 Å². The zero-order valence-corrected chi connectivity index (χ0v) is 18.6. The Labute approximate surface area is 175 Å². The molecule has 5 atom stereocenters. The van der Waals surface area contributed by atoms with Crippen LogP contribution in [0, 0.1) is 5.41 Å². The van der Waals surface area contributed by atoms with Crippen LogP contribution in [0.5, 0.6) is 0 Å². The van der Waals surface area contributed by atoms with Gasteiger partial charge in [-0.3, -0.25) is 18.4 Å². The molecule has 0 radical (unpaired) electrons. The number of hydrogen-bond donors (Lipinski definition) is 1. The summed E-state index contributed by atoms with van der Waals surface area (Å²) in [7, 11) is -4.06. The predicted octanol–water partition coefficient (Wildman–Crippen LogP) is 3.03. The van der Waals surface area contributed by atoms with Crippen molar-refractivity contribution in [2.45, 2.75) is 64.6 Å². The molecule has 30 heavy (non-hydrogen) atoms. The van der Waals surface area contributed by atoms with Crippen LogP contribution in [-0.4, -0.2) is 53.8 Å². The third-order valence-corrected chi connectivity index (χ3v) is 6.82. The lowest BCUT2D eigenvalue weighted by Crippen LogP contribution is -2.49. The largest absolute Gasteiger partial charge is 0.475 e. The second-order valence-electron chi connectivity index (χ2n) is 8.55. The second kappa shape index (κ2) is 8.16. The highest BCUT2D eigenvalue weighted by Gasteiger charge is 2.63. The molecule has 0 bridgehead atoms. The maximum absolute atomic E-state index is 15.4. The Hall–Kier alpha value is -1.58. The molecular weight excluding hydrogens is 416 g/mol. The normalized spacial score (nSPS) is 36.6. The van der Waals surface area contributed by atoms with Gasteiger partial charge in [0.2, 0.25) is 0 Å². The zero-order chi connectivity index (χ0) is 22.3. The van der Waals surface area contributed by atoms with Gasteiger partial charge in [-0.2, -0.15) is 0 Å². The monoisotopic (exact) mass is 445 g/mol. The van der Waals surface area contributed by atoms with Crippen LogP contribution in [-0.2, 0) is 27.7 Å². The number of phosphoric acid groups is 1. The van der Waals surface area contributed by atoms with Crippen LogP contribution in [0.4, 0.5) is 4.39 Å². The summed E-state index contributed by atoms with van der Waals surface area (Å²) in [5.74, 6) is 0.403. The lowest BCUT2D eigenvalue weighted by Gasteiger charge is -2.39. The molecule has 0 saturated carbocycles. The highest BCUT2D eigenvalue weighted by molar-refractivity contribution is 7.48. The van der Waals surface area contributed by atoms with Crippen LogP contribution < -0.4 is 5.73 Å². The number of rotatable bonds is 6. The van der Waals surface area contributed by atoms with E-state index < -0.39 is 37.3 Å². The fourth-order valence-corrected chi connectivity index (χ4v) is 4.92. The summed E-state index contributed by atoms with van der Waals surface area (Å²) in [6, 6.07) is 0. The molecule has 3 aliphatic heterocycles. The molecule has 0 aromatic heterocycles. The van der Waals surface area contributed by atoms with Crippen molar-refractivity contribution in [2.75, 3.05) is 13.2 Å². The number of alkyl halides is 1. The maximum Gasteiger partial charge on any atom is 0.475 e. The van der Waals surface area contributed by atoms with Crippen molar-refractivity contribution in [3.63, 3.8) is 0 Å². The van der Waals surface area contributed by atoms with Crippen molar-refractivity contribution >= 4 is 19.4 Å². The van der Waals surface area contributed by atoms with Gasteiger partial charge in [-0.25, -0.2) is 13.9 Å². The van der Waals surface area contributed by atoms with E-state index in [9.17, 15) is 9.36 Å². The first-order chi connectivity index (χ1) is 13.9. The van der Waals surface area contributed by atoms with E-state index >= 15 is 4.39 Å². The van der Waals surface area contributed by atoms with E-state index in [1.807, 2.05) is 0 Å². The molecule has 2 fully saturated rings. The molecule has 2 saturated heterocycles. The minimum Gasteiger partial charge on any atom is -0.384 e. The molecule has 0 spiro atoms. The molecule has 0 aromatic rings. The van der Waals surface area contributed by atoms with Gasteiger partial charge in [0, 0.05) is 18.0 Å². The molecule has 0 aliphatic carbocycles. The summed E-state index contributed by atoms with van der Waals surface area (Å²) in [6.45, 7) is 10.6. The van der Waals surface area contributed by atoms with Crippen LogP contribution >= 0.6 is 7.82 Å². The molecule has 3 rings (SSSR count). The molecule has 3 heterocycles. The summed E-state index contributed by atoms with van der Waals surface area (Å²) in [4.78, 5) is 17.5. The topological polar surface area (TPSA) is 113 Å². The fourth-order valence-electron chi connectivity index (χ4n) is 3.45. The number of amidine groups is 1. The number of carbonyl (C=O) groups excluding carboxylic acids is 1. The molecule has 11 heteroatoms. The van der Waals surface area contributed by atoms with E-state index in [1.165, 1.54) is 17.2 Å². The number of fused-ring (bicyclic) bond motifs is 1. The quantitative estimate of drug-likeness (QED) is 0.621. The van der Waals surface area contributed by atoms with E-state index in [4.69, 9.17) is 24.0 Å². The van der Waals surface area contributed by atoms with E-state index in [0.29, 0.717) is 6.42 Å². The SMILES string of the molecule is C=C1N=C(N)C=CN1[C@@H]1O[C@]2(CC)COP(=O)(OCCC(=O)C(C)(C)C)OC2[C@H]1F. The number of nitrogens with two attached hydrogens (primary N) is 1. The first-order valence-electron chi connectivity index (χ1n) is 9.83. The average Bonchev–Trinajstić information content (AvgIpc) is 2.94. The Morgan fingerprint density at radius 1 is 1.53 bits per heavy atom. The second-order valence-corrected chi connectivity index (χ2v) is 10.2. The van der Waals surface area contributed by atoms with E-state index in [2.05, 4.69) is 11.6 Å². The Balaban J connectivity index is 1.70. The van der Waals surface area contributed by atoms with Crippen molar-refractivity contribution < 1.29 is 32.1 Å². The van der Waals surface area contributed by atoms with Crippen LogP contribution in [0.2, 0.25) is 0 Å². The summed E-state index contributed by atoms with van der Waals surface area (Å²) < 4.78 is 50.5. The predicted molar refractivity (Wildman–Crippen MR) is 108 cm³/mol. The number of halogens is 1. The molecule has 168 valence electrons. The lowest BCUT2D eigenvalue weighted by molar-refractivity contribution is -0.152. The van der Waals surface area contributed by atoms with E-state index in [-0.39, 0.29) is 37.1 Å². The molecule has 3 aliphatic rings. The van der Waals surface area contributed by atoms with Gasteiger partial charge in [0.25, 0.3) is 0 Å². The minimum atomic E-state index is -4.06. The highest BCUT2D eigenvalue weighted by atomic mass is 31.2. The summed E-state index contributed by atoms with van der Waals surface area (Å²) in [6.07, 6.45) is -0.548. The Bertz CT molecular complexity index is 826. The smallest absolute Gasteiger partial charge is 0.384 e. The molecule has 0 amide bonds. The van der Waals surface area contributed by atoms with Crippen LogP contribution in [0.3, 0.4) is 0 Å². The minimum absolute atomic E-state index is 0.0415. The van der Waals surface area contributed by atoms with Gasteiger partial charge in [0.05, 0.1) is 13.2 Å². The van der Waals surface area contributed by atoms with Crippen molar-refractivity contribution in [1.29, 1.82) is 0 Å². The first-order valence-corrected chi connectivity index (χ1v) is 11.3. The van der Waals surface area contributed by atoms with Crippen LogP contribution in [0.1, 0.15) is 40.5 Å². The van der Waals surface area contributed by atoms with Gasteiger partial charge >= 0.3 is 7.82 Å². The third kappa shape index (κ3) is 4.38. The molecular formula is C19H29FN3O6P. The number of carbonyl (C=O) groups is 1. The van der Waals surface area contributed by atoms with Crippen molar-refractivity contribution in [1.82, 2.24) is 4.90 Å². The van der Waals surface area contributed by atoms with Gasteiger partial charge in [-0.1, -0.05) is 34.3 Å². The van der Waals surface area contributed by atoms with Crippen LogP contribution in [0.25, 0.3) is 0 Å². The van der Waals surface area contributed by atoms with Crippen molar-refractivity contribution in [3.8, 4) is 0 Å². The Morgan fingerprint density at radius 3 is 2.83 bits per heavy atom.